The highest BCUT2D eigenvalue weighted by Gasteiger charge is 2.35. The first-order valence-electron chi connectivity index (χ1n) is 6.00. The van der Waals surface area contributed by atoms with Crippen LogP contribution in [0.25, 0.3) is 10.9 Å². The molecule has 1 aliphatic rings. The summed E-state index contributed by atoms with van der Waals surface area (Å²) in [5.74, 6) is -0.238. The maximum absolute atomic E-state index is 11.9. The van der Waals surface area contributed by atoms with E-state index in [1.54, 1.807) is 18.3 Å². The van der Waals surface area contributed by atoms with Crippen molar-refractivity contribution >= 4 is 46.0 Å². The number of amides is 3. The van der Waals surface area contributed by atoms with E-state index < -0.39 is 6.04 Å². The molecule has 0 spiro atoms. The van der Waals surface area contributed by atoms with Gasteiger partial charge >= 0.3 is 6.03 Å². The van der Waals surface area contributed by atoms with Crippen LogP contribution in [0.15, 0.2) is 18.3 Å². The van der Waals surface area contributed by atoms with Crippen molar-refractivity contribution in [3.8, 4) is 0 Å². The summed E-state index contributed by atoms with van der Waals surface area (Å²) in [5, 5.41) is 4.56. The number of likely N-dealkylation sites (N-methyl/N-ethyl adjacent to an activating group) is 1. The predicted octanol–water partition coefficient (Wildman–Crippen LogP) is 3.20. The third-order valence-electron chi connectivity index (χ3n) is 3.45. The highest BCUT2D eigenvalue weighted by Crippen LogP contribution is 2.30. The number of carbonyl (C=O) groups excluding carboxylic acids is 2. The summed E-state index contributed by atoms with van der Waals surface area (Å²) in [6.45, 7) is 0. The summed E-state index contributed by atoms with van der Waals surface area (Å²) in [5.41, 5.74) is 1.66. The molecule has 0 saturated carbocycles. The molecule has 1 aromatic carbocycles. The molecule has 5 nitrogen and oxygen atoms in total. The number of aromatic nitrogens is 1. The minimum atomic E-state index is -0.552. The Labute approximate surface area is 132 Å². The van der Waals surface area contributed by atoms with E-state index >= 15 is 0 Å². The van der Waals surface area contributed by atoms with E-state index in [-0.39, 0.29) is 19.4 Å². The highest BCUT2D eigenvalue weighted by molar-refractivity contribution is 6.38. The Hall–Kier alpha value is -1.72. The molecular formula is C14H15Cl2N3O2. The van der Waals surface area contributed by atoms with Crippen molar-refractivity contribution in [2.45, 2.75) is 19.9 Å². The smallest absolute Gasteiger partial charge is 0.324 e. The number of imide groups is 1. The van der Waals surface area contributed by atoms with Gasteiger partial charge in [0.1, 0.15) is 6.04 Å². The molecule has 1 atom stereocenters. The fourth-order valence-corrected chi connectivity index (χ4v) is 2.93. The van der Waals surface area contributed by atoms with E-state index in [1.165, 1.54) is 7.05 Å². The van der Waals surface area contributed by atoms with Crippen molar-refractivity contribution in [2.75, 3.05) is 7.05 Å². The maximum Gasteiger partial charge on any atom is 0.324 e. The first-order chi connectivity index (χ1) is 9.47. The first kappa shape index (κ1) is 15.7. The summed E-state index contributed by atoms with van der Waals surface area (Å²) in [7, 11) is 1.46. The molecule has 112 valence electrons. The van der Waals surface area contributed by atoms with E-state index in [0.29, 0.717) is 16.5 Å². The van der Waals surface area contributed by atoms with Gasteiger partial charge in [0.15, 0.2) is 0 Å². The fraction of sp³-hybridized carbons (Fsp3) is 0.286. The van der Waals surface area contributed by atoms with Gasteiger partial charge in [0, 0.05) is 30.1 Å². The number of fused-ring (bicyclic) bond motifs is 1. The zero-order valence-electron chi connectivity index (χ0n) is 10.5. The number of carbonyl (C=O) groups is 2. The number of urea groups is 1. The topological polar surface area (TPSA) is 65.2 Å². The molecule has 0 radical (unpaired) electrons. The Morgan fingerprint density at radius 3 is 2.62 bits per heavy atom. The van der Waals surface area contributed by atoms with Crippen LogP contribution in [0.1, 0.15) is 13.0 Å². The molecule has 0 aliphatic carbocycles. The Balaban J connectivity index is 0.00000161. The monoisotopic (exact) mass is 327 g/mol. The third-order valence-corrected chi connectivity index (χ3v) is 3.96. The number of hydrogen-bond acceptors (Lipinski definition) is 2. The van der Waals surface area contributed by atoms with Gasteiger partial charge in [0.25, 0.3) is 5.91 Å². The van der Waals surface area contributed by atoms with E-state index in [9.17, 15) is 9.59 Å². The van der Waals surface area contributed by atoms with Crippen molar-refractivity contribution < 1.29 is 9.59 Å². The van der Waals surface area contributed by atoms with Crippen molar-refractivity contribution in [2.24, 2.45) is 0 Å². The average molecular weight is 328 g/mol. The average Bonchev–Trinajstić information content (AvgIpc) is 2.88. The van der Waals surface area contributed by atoms with Gasteiger partial charge in [-0.15, -0.1) is 0 Å². The molecule has 1 aliphatic heterocycles. The lowest BCUT2D eigenvalue weighted by Gasteiger charge is -2.07. The van der Waals surface area contributed by atoms with Gasteiger partial charge in [-0.2, -0.15) is 0 Å². The second-order valence-electron chi connectivity index (χ2n) is 4.73. The number of aromatic amines is 1. The van der Waals surface area contributed by atoms with E-state index in [1.807, 2.05) is 0 Å². The maximum atomic E-state index is 11.9. The first-order valence-corrected chi connectivity index (χ1v) is 6.76. The van der Waals surface area contributed by atoms with Crippen molar-refractivity contribution in [3.05, 3.63) is 33.9 Å². The molecule has 7 heteroatoms. The number of H-pyrrole nitrogens is 1. The second kappa shape index (κ2) is 5.58. The van der Waals surface area contributed by atoms with Gasteiger partial charge in [-0.3, -0.25) is 9.69 Å². The molecule has 1 aromatic heterocycles. The van der Waals surface area contributed by atoms with Gasteiger partial charge in [0.05, 0.1) is 10.5 Å². The van der Waals surface area contributed by atoms with Crippen LogP contribution < -0.4 is 5.32 Å². The second-order valence-corrected chi connectivity index (χ2v) is 5.57. The number of nitrogens with one attached hydrogen (secondary N) is 2. The molecule has 21 heavy (non-hydrogen) atoms. The van der Waals surface area contributed by atoms with Crippen LogP contribution in [0.4, 0.5) is 4.79 Å². The van der Waals surface area contributed by atoms with Crippen LogP contribution in [-0.4, -0.2) is 34.9 Å². The van der Waals surface area contributed by atoms with Gasteiger partial charge in [-0.1, -0.05) is 30.6 Å². The molecule has 2 N–H and O–H groups in total. The van der Waals surface area contributed by atoms with Crippen LogP contribution in [0.2, 0.25) is 10.0 Å². The minimum absolute atomic E-state index is 0. The van der Waals surface area contributed by atoms with Crippen LogP contribution in [0.5, 0.6) is 0 Å². The molecule has 2 aromatic rings. The fourth-order valence-electron chi connectivity index (χ4n) is 2.38. The van der Waals surface area contributed by atoms with Gasteiger partial charge in [-0.25, -0.2) is 4.79 Å². The number of nitrogens with zero attached hydrogens (tertiary/aromatic N) is 1. The quantitative estimate of drug-likeness (QED) is 0.832. The summed E-state index contributed by atoms with van der Waals surface area (Å²) >= 11 is 12.1. The molecular weight excluding hydrogens is 313 g/mol. The van der Waals surface area contributed by atoms with Crippen molar-refractivity contribution in [1.82, 2.24) is 15.2 Å². The Morgan fingerprint density at radius 1 is 1.29 bits per heavy atom. The Kier molecular flexibility index (Phi) is 4.16. The summed E-state index contributed by atoms with van der Waals surface area (Å²) < 4.78 is 0. The van der Waals surface area contributed by atoms with Crippen LogP contribution in [0, 0.1) is 0 Å². The number of rotatable bonds is 2. The number of halogens is 2. The molecule has 2 heterocycles. The number of benzene rings is 1. The van der Waals surface area contributed by atoms with Crippen LogP contribution in [0.3, 0.4) is 0 Å². The Morgan fingerprint density at radius 2 is 2.00 bits per heavy atom. The van der Waals surface area contributed by atoms with Gasteiger partial charge in [-0.05, 0) is 17.7 Å². The van der Waals surface area contributed by atoms with E-state index in [4.69, 9.17) is 23.2 Å². The third kappa shape index (κ3) is 2.59. The van der Waals surface area contributed by atoms with E-state index in [2.05, 4.69) is 10.3 Å². The van der Waals surface area contributed by atoms with Crippen LogP contribution in [-0.2, 0) is 11.2 Å². The zero-order valence-corrected chi connectivity index (χ0v) is 12.0. The highest BCUT2D eigenvalue weighted by atomic mass is 35.5. The van der Waals surface area contributed by atoms with Crippen LogP contribution >= 0.6 is 23.2 Å². The molecule has 3 rings (SSSR count). The summed E-state index contributed by atoms with van der Waals surface area (Å²) in [6, 6.07) is 2.52. The molecule has 1 saturated heterocycles. The normalized spacial score (nSPS) is 18.0. The zero-order chi connectivity index (χ0) is 14.4. The van der Waals surface area contributed by atoms with Crippen molar-refractivity contribution in [3.63, 3.8) is 0 Å². The molecule has 0 bridgehead atoms. The van der Waals surface area contributed by atoms with E-state index in [0.717, 1.165) is 21.4 Å². The largest absolute Gasteiger partial charge is 0.360 e. The van der Waals surface area contributed by atoms with Gasteiger partial charge in [0.2, 0.25) is 0 Å². The number of hydrogen-bond donors (Lipinski definition) is 2. The predicted molar refractivity (Wildman–Crippen MR) is 83.8 cm³/mol. The Bertz CT molecular complexity index is 726. The molecule has 1 fully saturated rings. The summed E-state index contributed by atoms with van der Waals surface area (Å²) in [4.78, 5) is 27.5. The summed E-state index contributed by atoms with van der Waals surface area (Å²) in [6.07, 6.45) is 2.18. The lowest BCUT2D eigenvalue weighted by molar-refractivity contribution is -0.126. The molecule has 0 unspecified atom stereocenters. The lowest BCUT2D eigenvalue weighted by Crippen LogP contribution is -2.31. The van der Waals surface area contributed by atoms with Crippen molar-refractivity contribution in [1.29, 1.82) is 0 Å². The SMILES string of the molecule is C.CN1C(=O)N[C@H](Cc2c[nH]c3c(Cl)cc(Cl)cc23)C1=O. The minimum Gasteiger partial charge on any atom is -0.360 e. The standard InChI is InChI=1S/C13H11Cl2N3O2.CH4/c1-18-12(19)10(17-13(18)20)2-6-5-16-11-8(6)3-7(14)4-9(11)15;/h3-5,10,16H,2H2,1H3,(H,17,20);1H4/t10-;/m1./s1. The van der Waals surface area contributed by atoms with Gasteiger partial charge < -0.3 is 10.3 Å². The lowest BCUT2D eigenvalue weighted by atomic mass is 10.1. The molecule has 3 amide bonds.